The van der Waals surface area contributed by atoms with Gasteiger partial charge in [-0.05, 0) is 60.4 Å². The van der Waals surface area contributed by atoms with Crippen LogP contribution in [0.4, 0.5) is 21.7 Å². The lowest BCUT2D eigenvalue weighted by molar-refractivity contribution is 0.502. The second-order valence-electron chi connectivity index (χ2n) is 9.40. The summed E-state index contributed by atoms with van der Waals surface area (Å²) in [6, 6.07) is 14.7. The van der Waals surface area contributed by atoms with Gasteiger partial charge in [-0.25, -0.2) is 22.8 Å². The standard InChI is InChI=1S/C26H31FN4O2S/c1-18(2)14-19-4-6-20(7-5-19)21-10-12-31(13-11-21)26-16-25(28-17-29-26)30-24-9-8-22(15-23(24)27)34(3,32)33/h4-9,15-18,21H,10-14H2,1-3H3,(H,28,29,30). The molecule has 180 valence electrons. The molecule has 4 rings (SSSR count). The fraction of sp³-hybridized carbons (Fsp3) is 0.385. The second kappa shape index (κ2) is 10.1. The van der Waals surface area contributed by atoms with E-state index in [2.05, 4.69) is 58.3 Å². The van der Waals surface area contributed by atoms with Crippen molar-refractivity contribution in [3.63, 3.8) is 0 Å². The minimum Gasteiger partial charge on any atom is -0.356 e. The second-order valence-corrected chi connectivity index (χ2v) is 11.4. The topological polar surface area (TPSA) is 75.2 Å². The molecule has 0 saturated carbocycles. The van der Waals surface area contributed by atoms with Crippen LogP contribution in [0.15, 0.2) is 59.8 Å². The van der Waals surface area contributed by atoms with Gasteiger partial charge >= 0.3 is 0 Å². The van der Waals surface area contributed by atoms with Crippen LogP contribution in [0.5, 0.6) is 0 Å². The van der Waals surface area contributed by atoms with Crippen LogP contribution in [0.2, 0.25) is 0 Å². The first-order chi connectivity index (χ1) is 16.2. The van der Waals surface area contributed by atoms with Gasteiger partial charge in [-0.2, -0.15) is 0 Å². The van der Waals surface area contributed by atoms with E-state index in [1.807, 2.05) is 0 Å². The number of hydrogen-bond donors (Lipinski definition) is 1. The van der Waals surface area contributed by atoms with Crippen LogP contribution in [0, 0.1) is 11.7 Å². The summed E-state index contributed by atoms with van der Waals surface area (Å²) in [7, 11) is -3.47. The zero-order chi connectivity index (χ0) is 24.3. The molecular weight excluding hydrogens is 451 g/mol. The summed E-state index contributed by atoms with van der Waals surface area (Å²) < 4.78 is 37.7. The summed E-state index contributed by atoms with van der Waals surface area (Å²) in [5.41, 5.74) is 2.95. The molecule has 1 aromatic heterocycles. The molecule has 8 heteroatoms. The third-order valence-corrected chi connectivity index (χ3v) is 7.31. The number of halogens is 1. The Morgan fingerprint density at radius 2 is 1.76 bits per heavy atom. The Morgan fingerprint density at radius 3 is 2.38 bits per heavy atom. The molecule has 1 fully saturated rings. The molecule has 0 unspecified atom stereocenters. The largest absolute Gasteiger partial charge is 0.356 e. The van der Waals surface area contributed by atoms with Gasteiger partial charge in [-0.15, -0.1) is 0 Å². The Balaban J connectivity index is 1.39. The fourth-order valence-electron chi connectivity index (χ4n) is 4.39. The molecular formula is C26H31FN4O2S. The average Bonchev–Trinajstić information content (AvgIpc) is 2.80. The van der Waals surface area contributed by atoms with Gasteiger partial charge in [-0.1, -0.05) is 38.1 Å². The van der Waals surface area contributed by atoms with Gasteiger partial charge in [0.2, 0.25) is 0 Å². The number of nitrogens with one attached hydrogen (secondary N) is 1. The highest BCUT2D eigenvalue weighted by Crippen LogP contribution is 2.31. The minimum atomic E-state index is -3.47. The third-order valence-electron chi connectivity index (χ3n) is 6.20. The highest BCUT2D eigenvalue weighted by molar-refractivity contribution is 7.90. The summed E-state index contributed by atoms with van der Waals surface area (Å²) in [5.74, 6) is 1.79. The minimum absolute atomic E-state index is 0.0589. The SMILES string of the molecule is CC(C)Cc1ccc(C2CCN(c3cc(Nc4ccc(S(C)(=O)=O)cc4F)ncn3)CC2)cc1. The van der Waals surface area contributed by atoms with Crippen molar-refractivity contribution in [2.75, 3.05) is 29.6 Å². The smallest absolute Gasteiger partial charge is 0.175 e. The van der Waals surface area contributed by atoms with Crippen LogP contribution < -0.4 is 10.2 Å². The molecule has 1 aliphatic heterocycles. The van der Waals surface area contributed by atoms with E-state index in [1.165, 1.54) is 29.6 Å². The van der Waals surface area contributed by atoms with Crippen LogP contribution >= 0.6 is 0 Å². The predicted molar refractivity (Wildman–Crippen MR) is 134 cm³/mol. The normalized spacial score (nSPS) is 15.0. The van der Waals surface area contributed by atoms with E-state index in [4.69, 9.17) is 0 Å². The Kier molecular flexibility index (Phi) is 7.16. The van der Waals surface area contributed by atoms with Gasteiger partial charge in [0, 0.05) is 25.4 Å². The Morgan fingerprint density at radius 1 is 1.06 bits per heavy atom. The summed E-state index contributed by atoms with van der Waals surface area (Å²) in [4.78, 5) is 10.8. The first-order valence-corrected chi connectivity index (χ1v) is 13.5. The number of anilines is 3. The summed E-state index contributed by atoms with van der Waals surface area (Å²) in [6.45, 7) is 6.24. The van der Waals surface area contributed by atoms with E-state index in [-0.39, 0.29) is 10.6 Å². The molecule has 0 spiro atoms. The van der Waals surface area contributed by atoms with Gasteiger partial charge in [-0.3, -0.25) is 0 Å². The Labute approximate surface area is 201 Å². The summed E-state index contributed by atoms with van der Waals surface area (Å²) in [6.07, 6.45) is 5.70. The molecule has 2 aromatic carbocycles. The molecule has 1 N–H and O–H groups in total. The zero-order valence-electron chi connectivity index (χ0n) is 19.8. The summed E-state index contributed by atoms with van der Waals surface area (Å²) >= 11 is 0. The van der Waals surface area contributed by atoms with Crippen molar-refractivity contribution in [2.45, 2.75) is 43.9 Å². The van der Waals surface area contributed by atoms with Gasteiger partial charge < -0.3 is 10.2 Å². The molecule has 6 nitrogen and oxygen atoms in total. The van der Waals surface area contributed by atoms with E-state index in [9.17, 15) is 12.8 Å². The van der Waals surface area contributed by atoms with Crippen molar-refractivity contribution in [1.82, 2.24) is 9.97 Å². The molecule has 1 aliphatic rings. The van der Waals surface area contributed by atoms with Gasteiger partial charge in [0.05, 0.1) is 10.6 Å². The molecule has 0 bridgehead atoms. The van der Waals surface area contributed by atoms with Crippen LogP contribution in [0.3, 0.4) is 0 Å². The lowest BCUT2D eigenvalue weighted by Crippen LogP contribution is -2.33. The number of piperidine rings is 1. The van der Waals surface area contributed by atoms with E-state index in [1.54, 1.807) is 6.07 Å². The van der Waals surface area contributed by atoms with Crippen LogP contribution in [-0.2, 0) is 16.3 Å². The lowest BCUT2D eigenvalue weighted by atomic mass is 9.88. The number of benzene rings is 2. The number of nitrogens with zero attached hydrogens (tertiary/aromatic N) is 3. The number of hydrogen-bond acceptors (Lipinski definition) is 6. The van der Waals surface area contributed by atoms with Crippen LogP contribution in [-0.4, -0.2) is 37.7 Å². The van der Waals surface area contributed by atoms with Crippen molar-refractivity contribution in [1.29, 1.82) is 0 Å². The Hall–Kier alpha value is -3.00. The van der Waals surface area contributed by atoms with Crippen molar-refractivity contribution in [3.05, 3.63) is 71.8 Å². The quantitative estimate of drug-likeness (QED) is 0.490. The van der Waals surface area contributed by atoms with Gasteiger partial charge in [0.1, 0.15) is 23.8 Å². The van der Waals surface area contributed by atoms with Crippen molar-refractivity contribution < 1.29 is 12.8 Å². The molecule has 0 aliphatic carbocycles. The van der Waals surface area contributed by atoms with Gasteiger partial charge in [0.15, 0.2) is 9.84 Å². The summed E-state index contributed by atoms with van der Waals surface area (Å²) in [5, 5.41) is 2.94. The predicted octanol–water partition coefficient (Wildman–Crippen LogP) is 5.35. The molecule has 0 amide bonds. The number of sulfone groups is 1. The first kappa shape index (κ1) is 24.1. The van der Waals surface area contributed by atoms with E-state index in [0.717, 1.165) is 50.5 Å². The highest BCUT2D eigenvalue weighted by atomic mass is 32.2. The number of rotatable bonds is 7. The molecule has 34 heavy (non-hydrogen) atoms. The first-order valence-electron chi connectivity index (χ1n) is 11.6. The maximum atomic E-state index is 14.4. The van der Waals surface area contributed by atoms with Crippen molar-refractivity contribution in [2.24, 2.45) is 5.92 Å². The van der Waals surface area contributed by atoms with E-state index >= 15 is 0 Å². The molecule has 1 saturated heterocycles. The third kappa shape index (κ3) is 5.91. The molecule has 2 heterocycles. The van der Waals surface area contributed by atoms with Gasteiger partial charge in [0.25, 0.3) is 0 Å². The average molecular weight is 483 g/mol. The number of aromatic nitrogens is 2. The van der Waals surface area contributed by atoms with E-state index < -0.39 is 15.7 Å². The zero-order valence-corrected chi connectivity index (χ0v) is 20.6. The molecule has 0 radical (unpaired) electrons. The van der Waals surface area contributed by atoms with Crippen LogP contribution in [0.25, 0.3) is 0 Å². The van der Waals surface area contributed by atoms with Crippen LogP contribution in [0.1, 0.15) is 43.7 Å². The monoisotopic (exact) mass is 482 g/mol. The highest BCUT2D eigenvalue weighted by Gasteiger charge is 2.22. The Bertz CT molecular complexity index is 1240. The molecule has 3 aromatic rings. The fourth-order valence-corrected chi connectivity index (χ4v) is 5.03. The van der Waals surface area contributed by atoms with E-state index in [0.29, 0.717) is 17.7 Å². The molecule has 0 atom stereocenters. The van der Waals surface area contributed by atoms with Crippen molar-refractivity contribution >= 4 is 27.2 Å². The van der Waals surface area contributed by atoms with Crippen molar-refractivity contribution in [3.8, 4) is 0 Å². The maximum Gasteiger partial charge on any atom is 0.175 e. The maximum absolute atomic E-state index is 14.4. The lowest BCUT2D eigenvalue weighted by Gasteiger charge is -2.33.